The van der Waals surface area contributed by atoms with Gasteiger partial charge in [0.2, 0.25) is 5.76 Å². The molecule has 0 spiro atoms. The Bertz CT molecular complexity index is 416. The van der Waals surface area contributed by atoms with Crippen LogP contribution in [0.3, 0.4) is 0 Å². The molecule has 0 aliphatic rings. The van der Waals surface area contributed by atoms with Gasteiger partial charge in [0.05, 0.1) is 7.11 Å². The van der Waals surface area contributed by atoms with Crippen LogP contribution in [-0.2, 0) is 4.74 Å². The molecule has 0 unspecified atom stereocenters. The molecular weight excluding hydrogens is 198 g/mol. The number of hydrogen-bond acceptors (Lipinski definition) is 4. The zero-order valence-electron chi connectivity index (χ0n) is 8.08. The van der Waals surface area contributed by atoms with Crippen LogP contribution < -0.4 is 0 Å². The van der Waals surface area contributed by atoms with E-state index >= 15 is 0 Å². The fourth-order valence-electron chi connectivity index (χ4n) is 0.905. The third-order valence-corrected chi connectivity index (χ3v) is 1.55. The van der Waals surface area contributed by atoms with Crippen molar-refractivity contribution in [2.45, 2.75) is 0 Å². The van der Waals surface area contributed by atoms with E-state index in [0.717, 1.165) is 0 Å². The van der Waals surface area contributed by atoms with Crippen molar-refractivity contribution in [2.75, 3.05) is 13.7 Å². The lowest BCUT2D eigenvalue weighted by molar-refractivity contribution is 0.0564. The number of hydrogen-bond donors (Lipinski definition) is 0. The summed E-state index contributed by atoms with van der Waals surface area (Å²) >= 11 is 0. The fraction of sp³-hybridized carbons (Fsp3) is 0.222. The Morgan fingerprint density at radius 2 is 2.53 bits per heavy atom. The lowest BCUT2D eigenvalue weighted by Crippen LogP contribution is -1.98. The first-order chi connectivity index (χ1) is 7.27. The van der Waals surface area contributed by atoms with Crippen molar-refractivity contribution in [1.29, 1.82) is 0 Å². The van der Waals surface area contributed by atoms with Gasteiger partial charge in [-0.15, -0.1) is 0 Å². The molecule has 1 aromatic rings. The Morgan fingerprint density at radius 3 is 3.20 bits per heavy atom. The van der Waals surface area contributed by atoms with Crippen LogP contribution in [-0.4, -0.2) is 19.6 Å². The van der Waals surface area contributed by atoms with Crippen LogP contribution in [0.1, 0.15) is 16.3 Å². The number of nitrogens with zero attached hydrogens (tertiary/aromatic N) is 3. The van der Waals surface area contributed by atoms with Crippen LogP contribution in [0.5, 0.6) is 0 Å². The molecule has 0 radical (unpaired) electrons. The summed E-state index contributed by atoms with van der Waals surface area (Å²) in [5, 5.41) is 3.31. The highest BCUT2D eigenvalue weighted by Gasteiger charge is 2.08. The lowest BCUT2D eigenvalue weighted by Gasteiger charge is -1.91. The molecule has 0 bridgehead atoms. The molecule has 0 saturated carbocycles. The van der Waals surface area contributed by atoms with E-state index in [1.165, 1.54) is 13.2 Å². The van der Waals surface area contributed by atoms with Crippen molar-refractivity contribution in [3.63, 3.8) is 0 Å². The van der Waals surface area contributed by atoms with E-state index in [9.17, 15) is 4.79 Å². The Labute approximate surface area is 85.8 Å². The maximum absolute atomic E-state index is 11.0. The first kappa shape index (κ1) is 10.9. The average Bonchev–Trinajstić information content (AvgIpc) is 2.72. The number of carbonyl (C=O) groups is 1. The summed E-state index contributed by atoms with van der Waals surface area (Å²) < 4.78 is 9.59. The van der Waals surface area contributed by atoms with Crippen molar-refractivity contribution in [3.05, 3.63) is 40.2 Å². The molecule has 15 heavy (non-hydrogen) atoms. The molecule has 1 rings (SSSR count). The maximum Gasteiger partial charge on any atom is 0.373 e. The normalized spacial score (nSPS) is 9.93. The molecule has 6 nitrogen and oxygen atoms in total. The monoisotopic (exact) mass is 207 g/mol. The fourth-order valence-corrected chi connectivity index (χ4v) is 0.905. The third kappa shape index (κ3) is 3.21. The molecule has 0 N–H and O–H groups in total. The second-order valence-electron chi connectivity index (χ2n) is 2.51. The Balaban J connectivity index is 2.64. The van der Waals surface area contributed by atoms with Crippen LogP contribution in [0.25, 0.3) is 16.5 Å². The van der Waals surface area contributed by atoms with Crippen LogP contribution in [0, 0.1) is 0 Å². The second kappa shape index (κ2) is 5.51. The molecule has 0 fully saturated rings. The van der Waals surface area contributed by atoms with Gasteiger partial charge in [0.15, 0.2) is 0 Å². The zero-order valence-corrected chi connectivity index (χ0v) is 8.08. The standard InChI is InChI=1S/C9H9N3O3/c1-14-9(13)8-5-4-7(15-8)3-2-6-11-12-10/h2-5H,6H2,1H3. The van der Waals surface area contributed by atoms with Gasteiger partial charge < -0.3 is 9.15 Å². The van der Waals surface area contributed by atoms with E-state index in [1.807, 2.05) is 0 Å². The van der Waals surface area contributed by atoms with Gasteiger partial charge in [-0.25, -0.2) is 4.79 Å². The predicted molar refractivity (Wildman–Crippen MR) is 53.1 cm³/mol. The molecule has 0 aromatic carbocycles. The molecule has 0 saturated heterocycles. The van der Waals surface area contributed by atoms with Crippen molar-refractivity contribution >= 4 is 12.0 Å². The number of furan rings is 1. The zero-order chi connectivity index (χ0) is 11.1. The van der Waals surface area contributed by atoms with Crippen molar-refractivity contribution in [3.8, 4) is 0 Å². The van der Waals surface area contributed by atoms with Crippen LogP contribution in [0.2, 0.25) is 0 Å². The number of methoxy groups -OCH3 is 1. The Hall–Kier alpha value is -2.20. The highest BCUT2D eigenvalue weighted by molar-refractivity contribution is 5.86. The largest absolute Gasteiger partial charge is 0.463 e. The van der Waals surface area contributed by atoms with Gasteiger partial charge in [0.25, 0.3) is 0 Å². The van der Waals surface area contributed by atoms with E-state index < -0.39 is 5.97 Å². The topological polar surface area (TPSA) is 88.2 Å². The Kier molecular flexibility index (Phi) is 4.00. The summed E-state index contributed by atoms with van der Waals surface area (Å²) in [7, 11) is 1.28. The number of azide groups is 1. The second-order valence-corrected chi connectivity index (χ2v) is 2.51. The van der Waals surface area contributed by atoms with Gasteiger partial charge >= 0.3 is 5.97 Å². The minimum Gasteiger partial charge on any atom is -0.463 e. The van der Waals surface area contributed by atoms with Gasteiger partial charge in [0.1, 0.15) is 5.76 Å². The summed E-state index contributed by atoms with van der Waals surface area (Å²) in [4.78, 5) is 13.6. The molecule has 0 aliphatic carbocycles. The van der Waals surface area contributed by atoms with Crippen LogP contribution in [0.15, 0.2) is 27.7 Å². The molecule has 0 amide bonds. The van der Waals surface area contributed by atoms with Crippen LogP contribution >= 0.6 is 0 Å². The third-order valence-electron chi connectivity index (χ3n) is 1.55. The number of rotatable bonds is 4. The smallest absolute Gasteiger partial charge is 0.373 e. The SMILES string of the molecule is COC(=O)c1ccc(C=CCN=[N+]=[N-])o1. The summed E-state index contributed by atoms with van der Waals surface area (Å²) in [5.41, 5.74) is 8.01. The maximum atomic E-state index is 11.0. The first-order valence-electron chi connectivity index (χ1n) is 4.13. The lowest BCUT2D eigenvalue weighted by atomic mass is 10.4. The molecule has 1 heterocycles. The highest BCUT2D eigenvalue weighted by Crippen LogP contribution is 2.10. The summed E-state index contributed by atoms with van der Waals surface area (Å²) in [6.07, 6.45) is 3.24. The summed E-state index contributed by atoms with van der Waals surface area (Å²) in [5.74, 6) is 0.120. The summed E-state index contributed by atoms with van der Waals surface area (Å²) in [6, 6.07) is 3.14. The van der Waals surface area contributed by atoms with E-state index in [1.54, 1.807) is 18.2 Å². The van der Waals surface area contributed by atoms with E-state index in [0.29, 0.717) is 5.76 Å². The molecule has 6 heteroatoms. The van der Waals surface area contributed by atoms with Gasteiger partial charge in [-0.1, -0.05) is 11.2 Å². The van der Waals surface area contributed by atoms with Crippen molar-refractivity contribution < 1.29 is 13.9 Å². The van der Waals surface area contributed by atoms with Gasteiger partial charge in [-0.05, 0) is 23.7 Å². The van der Waals surface area contributed by atoms with Gasteiger partial charge in [-0.3, -0.25) is 0 Å². The molecule has 0 aliphatic heterocycles. The number of esters is 1. The van der Waals surface area contributed by atoms with Gasteiger partial charge in [-0.2, -0.15) is 0 Å². The van der Waals surface area contributed by atoms with E-state index in [4.69, 9.17) is 9.95 Å². The van der Waals surface area contributed by atoms with Crippen molar-refractivity contribution in [1.82, 2.24) is 0 Å². The van der Waals surface area contributed by atoms with Gasteiger partial charge in [0, 0.05) is 11.5 Å². The molecular formula is C9H9N3O3. The number of carbonyl (C=O) groups excluding carboxylic acids is 1. The number of ether oxygens (including phenoxy) is 1. The quantitative estimate of drug-likeness (QED) is 0.328. The Morgan fingerprint density at radius 1 is 1.73 bits per heavy atom. The highest BCUT2D eigenvalue weighted by atomic mass is 16.5. The van der Waals surface area contributed by atoms with E-state index in [2.05, 4.69) is 14.8 Å². The molecule has 1 aromatic heterocycles. The average molecular weight is 207 g/mol. The minimum absolute atomic E-state index is 0.140. The van der Waals surface area contributed by atoms with Crippen LogP contribution in [0.4, 0.5) is 0 Å². The first-order valence-corrected chi connectivity index (χ1v) is 4.13. The van der Waals surface area contributed by atoms with E-state index in [-0.39, 0.29) is 12.3 Å². The minimum atomic E-state index is -0.523. The molecule has 0 atom stereocenters. The summed E-state index contributed by atoms with van der Waals surface area (Å²) in [6.45, 7) is 0.241. The molecule has 78 valence electrons. The predicted octanol–water partition coefficient (Wildman–Crippen LogP) is 2.39. The van der Waals surface area contributed by atoms with Crippen molar-refractivity contribution in [2.24, 2.45) is 5.11 Å².